The molecule has 0 bridgehead atoms. The number of halogens is 6. The van der Waals surface area contributed by atoms with Crippen LogP contribution < -0.4 is 0 Å². The number of hydrogen-bond donors (Lipinski definition) is 0. The molecule has 0 aliphatic carbocycles. The molecule has 1 aromatic rings. The topological polar surface area (TPSA) is 26.8 Å². The van der Waals surface area contributed by atoms with Gasteiger partial charge in [-0.25, -0.2) is 0 Å². The molecule has 1 amide bonds. The largest absolute Gasteiger partial charge is 0.416 e. The first-order valence-corrected chi connectivity index (χ1v) is 13.0. The number of piperazine rings is 1. The summed E-state index contributed by atoms with van der Waals surface area (Å²) >= 11 is 0. The van der Waals surface area contributed by atoms with Gasteiger partial charge in [0, 0.05) is 44.6 Å². The molecule has 37 heavy (non-hydrogen) atoms. The van der Waals surface area contributed by atoms with E-state index in [1.165, 1.54) is 12.1 Å². The van der Waals surface area contributed by atoms with Crippen molar-refractivity contribution < 1.29 is 31.1 Å². The van der Waals surface area contributed by atoms with E-state index >= 15 is 0 Å². The number of benzene rings is 1. The zero-order valence-corrected chi connectivity index (χ0v) is 22.1. The van der Waals surface area contributed by atoms with Crippen LogP contribution in [-0.2, 0) is 11.0 Å². The monoisotopic (exact) mass is 535 g/mol. The Labute approximate surface area is 216 Å². The van der Waals surface area contributed by atoms with E-state index in [0.29, 0.717) is 37.5 Å². The van der Waals surface area contributed by atoms with Crippen LogP contribution in [0, 0.1) is 11.3 Å². The molecule has 2 aliphatic heterocycles. The number of carbonyl (C=O) groups is 1. The van der Waals surface area contributed by atoms with E-state index in [-0.39, 0.29) is 23.8 Å². The fraction of sp³-hybridized carbons (Fsp3) is 0.741. The van der Waals surface area contributed by atoms with Crippen molar-refractivity contribution in [2.45, 2.75) is 77.3 Å². The Balaban J connectivity index is 1.80. The van der Waals surface area contributed by atoms with Crippen LogP contribution in [0.4, 0.5) is 26.3 Å². The number of likely N-dealkylation sites (tertiary alicyclic amines) is 1. The van der Waals surface area contributed by atoms with Crippen molar-refractivity contribution in [2.24, 2.45) is 11.3 Å². The van der Waals surface area contributed by atoms with Gasteiger partial charge in [-0.05, 0) is 68.4 Å². The summed E-state index contributed by atoms with van der Waals surface area (Å²) in [7, 11) is 2.07. The van der Waals surface area contributed by atoms with Crippen LogP contribution in [0.1, 0.15) is 70.0 Å². The summed E-state index contributed by atoms with van der Waals surface area (Å²) in [6.07, 6.45) is -7.78. The molecule has 210 valence electrons. The molecule has 0 aromatic heterocycles. The number of carbonyl (C=O) groups excluding carboxylic acids is 1. The van der Waals surface area contributed by atoms with Gasteiger partial charge < -0.3 is 9.80 Å². The third kappa shape index (κ3) is 8.34. The van der Waals surface area contributed by atoms with E-state index in [1.807, 2.05) is 30.6 Å². The number of alkyl halides is 6. The highest BCUT2D eigenvalue weighted by molar-refractivity contribution is 5.77. The van der Waals surface area contributed by atoms with Gasteiger partial charge in [-0.2, -0.15) is 26.3 Å². The van der Waals surface area contributed by atoms with Gasteiger partial charge in [-0.15, -0.1) is 0 Å². The standard InChI is InChI=1S/C27H39F6N3O/c1-25(2,3)23-18-35(15-16-36(23)24(37)17-19-10-13-34(4)14-11-19)22(9-12-26(28,29)30)20-5-7-21(8-6-20)27(31,32)33/h5-8,19,22-23H,9-18H2,1-4H3. The molecule has 2 unspecified atom stereocenters. The zero-order valence-electron chi connectivity index (χ0n) is 22.1. The maximum absolute atomic E-state index is 13.4. The predicted molar refractivity (Wildman–Crippen MR) is 131 cm³/mol. The first kappa shape index (κ1) is 29.7. The lowest BCUT2D eigenvalue weighted by Crippen LogP contribution is -2.60. The molecule has 0 radical (unpaired) electrons. The molecule has 2 aliphatic rings. The van der Waals surface area contributed by atoms with Crippen LogP contribution in [-0.4, -0.2) is 72.6 Å². The first-order valence-electron chi connectivity index (χ1n) is 13.0. The van der Waals surface area contributed by atoms with Crippen molar-refractivity contribution >= 4 is 5.91 Å². The highest BCUT2D eigenvalue weighted by atomic mass is 19.4. The average molecular weight is 536 g/mol. The minimum absolute atomic E-state index is 0.0792. The third-order valence-electron chi connectivity index (χ3n) is 7.80. The molecule has 3 rings (SSSR count). The summed E-state index contributed by atoms with van der Waals surface area (Å²) in [5.74, 6) is 0.407. The molecule has 0 saturated carbocycles. The van der Waals surface area contributed by atoms with E-state index < -0.39 is 30.4 Å². The lowest BCUT2D eigenvalue weighted by Gasteiger charge is -2.50. The highest BCUT2D eigenvalue weighted by Gasteiger charge is 2.41. The van der Waals surface area contributed by atoms with Crippen LogP contribution in [0.15, 0.2) is 24.3 Å². The van der Waals surface area contributed by atoms with Crippen molar-refractivity contribution in [3.05, 3.63) is 35.4 Å². The lowest BCUT2D eigenvalue weighted by atomic mass is 9.82. The smallest absolute Gasteiger partial charge is 0.337 e. The van der Waals surface area contributed by atoms with Gasteiger partial charge in [-0.1, -0.05) is 32.9 Å². The molecule has 2 heterocycles. The van der Waals surface area contributed by atoms with Crippen LogP contribution in [0.3, 0.4) is 0 Å². The van der Waals surface area contributed by atoms with E-state index in [9.17, 15) is 31.1 Å². The molecular weight excluding hydrogens is 496 g/mol. The third-order valence-corrected chi connectivity index (χ3v) is 7.80. The maximum Gasteiger partial charge on any atom is 0.416 e. The molecule has 0 spiro atoms. The highest BCUT2D eigenvalue weighted by Crippen LogP contribution is 2.38. The summed E-state index contributed by atoms with van der Waals surface area (Å²) in [4.78, 5) is 19.4. The van der Waals surface area contributed by atoms with Gasteiger partial charge in [0.25, 0.3) is 0 Å². The fourth-order valence-corrected chi connectivity index (χ4v) is 5.51. The Kier molecular flexibility index (Phi) is 9.26. The van der Waals surface area contributed by atoms with E-state index in [1.54, 1.807) is 0 Å². The van der Waals surface area contributed by atoms with Crippen LogP contribution >= 0.6 is 0 Å². The van der Waals surface area contributed by atoms with Crippen LogP contribution in [0.25, 0.3) is 0 Å². The Morgan fingerprint density at radius 3 is 2.05 bits per heavy atom. The predicted octanol–water partition coefficient (Wildman–Crippen LogP) is 6.38. The number of amides is 1. The minimum Gasteiger partial charge on any atom is -0.337 e. The Morgan fingerprint density at radius 1 is 0.946 bits per heavy atom. The van der Waals surface area contributed by atoms with Gasteiger partial charge in [0.15, 0.2) is 0 Å². The van der Waals surface area contributed by atoms with Crippen LogP contribution in [0.5, 0.6) is 0 Å². The Hall–Kier alpha value is -1.81. The second-order valence-electron chi connectivity index (χ2n) is 11.7. The van der Waals surface area contributed by atoms with Gasteiger partial charge in [0.2, 0.25) is 5.91 Å². The van der Waals surface area contributed by atoms with Crippen LogP contribution in [0.2, 0.25) is 0 Å². The number of hydrogen-bond acceptors (Lipinski definition) is 3. The second kappa shape index (κ2) is 11.5. The minimum atomic E-state index is -4.52. The quantitative estimate of drug-likeness (QED) is 0.396. The van der Waals surface area contributed by atoms with Gasteiger partial charge in [0.05, 0.1) is 5.56 Å². The number of piperidine rings is 1. The fourth-order valence-electron chi connectivity index (χ4n) is 5.51. The molecule has 2 saturated heterocycles. The zero-order chi connectivity index (χ0) is 27.6. The maximum atomic E-state index is 13.4. The number of nitrogens with zero attached hydrogens (tertiary/aromatic N) is 3. The van der Waals surface area contributed by atoms with Crippen molar-refractivity contribution in [1.29, 1.82) is 0 Å². The van der Waals surface area contributed by atoms with Gasteiger partial charge in [-0.3, -0.25) is 9.69 Å². The average Bonchev–Trinajstić information content (AvgIpc) is 2.79. The molecule has 1 aromatic carbocycles. The normalized spacial score (nSPS) is 22.3. The Morgan fingerprint density at radius 2 is 1.54 bits per heavy atom. The molecule has 4 nitrogen and oxygen atoms in total. The second-order valence-corrected chi connectivity index (χ2v) is 11.7. The molecule has 10 heteroatoms. The molecule has 2 fully saturated rings. The van der Waals surface area contributed by atoms with Gasteiger partial charge >= 0.3 is 12.4 Å². The molecule has 2 atom stereocenters. The summed E-state index contributed by atoms with van der Waals surface area (Å²) in [6, 6.07) is 3.51. The lowest BCUT2D eigenvalue weighted by molar-refractivity contribution is -0.144. The number of rotatable bonds is 6. The summed E-state index contributed by atoms with van der Waals surface area (Å²) in [6.45, 7) is 9.09. The van der Waals surface area contributed by atoms with Gasteiger partial charge in [0.1, 0.15) is 0 Å². The summed E-state index contributed by atoms with van der Waals surface area (Å²) in [5, 5.41) is 0. The van der Waals surface area contributed by atoms with E-state index in [0.717, 1.165) is 38.1 Å². The van der Waals surface area contributed by atoms with Crippen molar-refractivity contribution in [1.82, 2.24) is 14.7 Å². The SMILES string of the molecule is CN1CCC(CC(=O)N2CCN(C(CCC(F)(F)F)c3ccc(C(F)(F)F)cc3)CC2C(C)(C)C)CC1. The van der Waals surface area contributed by atoms with Crippen molar-refractivity contribution in [2.75, 3.05) is 39.8 Å². The summed E-state index contributed by atoms with van der Waals surface area (Å²) in [5.41, 5.74) is -0.728. The van der Waals surface area contributed by atoms with Crippen molar-refractivity contribution in [3.63, 3.8) is 0 Å². The Bertz CT molecular complexity index is 885. The molecular formula is C27H39F6N3O. The summed E-state index contributed by atoms with van der Waals surface area (Å²) < 4.78 is 78.7. The molecule has 0 N–H and O–H groups in total. The van der Waals surface area contributed by atoms with E-state index in [2.05, 4.69) is 11.9 Å². The van der Waals surface area contributed by atoms with E-state index in [4.69, 9.17) is 0 Å². The van der Waals surface area contributed by atoms with Crippen molar-refractivity contribution in [3.8, 4) is 0 Å². The first-order chi connectivity index (χ1) is 17.0.